The first-order chi connectivity index (χ1) is 8.47. The van der Waals surface area contributed by atoms with Crippen molar-refractivity contribution < 1.29 is 13.1 Å². The Labute approximate surface area is 116 Å². The molecule has 2 atom stereocenters. The summed E-state index contributed by atoms with van der Waals surface area (Å²) in [5.41, 5.74) is 1.12. The van der Waals surface area contributed by atoms with Crippen molar-refractivity contribution in [3.05, 3.63) is 34.9 Å². The van der Waals surface area contributed by atoms with Gasteiger partial charge in [-0.1, -0.05) is 23.7 Å². The zero-order valence-electron chi connectivity index (χ0n) is 10.9. The van der Waals surface area contributed by atoms with Crippen LogP contribution in [0.1, 0.15) is 19.4 Å². The number of rotatable bonds is 7. The molecular formula is C13H19ClO3S. The SMILES string of the molecule is CC(C)OC(COS(C)=O)Cc1ccc(Cl)cc1. The van der Waals surface area contributed by atoms with Crippen LogP contribution >= 0.6 is 11.6 Å². The molecule has 1 aromatic rings. The zero-order chi connectivity index (χ0) is 13.5. The Kier molecular flexibility index (Phi) is 6.86. The summed E-state index contributed by atoms with van der Waals surface area (Å²) < 4.78 is 21.8. The van der Waals surface area contributed by atoms with Gasteiger partial charge in [-0.3, -0.25) is 4.18 Å². The van der Waals surface area contributed by atoms with Crippen molar-refractivity contribution >= 4 is 22.7 Å². The average molecular weight is 291 g/mol. The van der Waals surface area contributed by atoms with Crippen molar-refractivity contribution in [3.63, 3.8) is 0 Å². The normalized spacial score (nSPS) is 14.7. The predicted octanol–water partition coefficient (Wildman–Crippen LogP) is 2.99. The number of halogens is 1. The van der Waals surface area contributed by atoms with Crippen LogP contribution in [0.15, 0.2) is 24.3 Å². The van der Waals surface area contributed by atoms with Crippen LogP contribution < -0.4 is 0 Å². The fraction of sp³-hybridized carbons (Fsp3) is 0.538. The molecule has 1 aromatic carbocycles. The molecule has 0 amide bonds. The van der Waals surface area contributed by atoms with E-state index in [1.807, 2.05) is 38.1 Å². The molecular weight excluding hydrogens is 272 g/mol. The Morgan fingerprint density at radius 3 is 2.39 bits per heavy atom. The summed E-state index contributed by atoms with van der Waals surface area (Å²) in [4.78, 5) is 0. The minimum Gasteiger partial charge on any atom is -0.373 e. The van der Waals surface area contributed by atoms with E-state index in [0.717, 1.165) is 5.56 Å². The largest absolute Gasteiger partial charge is 0.373 e. The van der Waals surface area contributed by atoms with Gasteiger partial charge in [0.25, 0.3) is 0 Å². The monoisotopic (exact) mass is 290 g/mol. The highest BCUT2D eigenvalue weighted by molar-refractivity contribution is 7.79. The minimum atomic E-state index is -1.26. The molecule has 0 aliphatic rings. The van der Waals surface area contributed by atoms with E-state index in [-0.39, 0.29) is 12.2 Å². The van der Waals surface area contributed by atoms with Crippen LogP contribution in [0.4, 0.5) is 0 Å². The van der Waals surface area contributed by atoms with E-state index in [2.05, 4.69) is 0 Å². The molecule has 0 heterocycles. The molecule has 0 aromatic heterocycles. The van der Waals surface area contributed by atoms with Crippen molar-refractivity contribution in [2.24, 2.45) is 0 Å². The topological polar surface area (TPSA) is 35.5 Å². The van der Waals surface area contributed by atoms with Gasteiger partial charge in [0, 0.05) is 17.7 Å². The molecule has 0 bridgehead atoms. The number of hydrogen-bond acceptors (Lipinski definition) is 3. The van der Waals surface area contributed by atoms with E-state index in [4.69, 9.17) is 20.5 Å². The highest BCUT2D eigenvalue weighted by Crippen LogP contribution is 2.13. The van der Waals surface area contributed by atoms with E-state index in [9.17, 15) is 4.21 Å². The summed E-state index contributed by atoms with van der Waals surface area (Å²) in [6, 6.07) is 7.62. The molecule has 102 valence electrons. The molecule has 18 heavy (non-hydrogen) atoms. The summed E-state index contributed by atoms with van der Waals surface area (Å²) in [5.74, 6) is 0. The Morgan fingerprint density at radius 1 is 1.28 bits per heavy atom. The summed E-state index contributed by atoms with van der Waals surface area (Å²) in [6.45, 7) is 4.26. The molecule has 5 heteroatoms. The van der Waals surface area contributed by atoms with E-state index in [0.29, 0.717) is 18.1 Å². The van der Waals surface area contributed by atoms with E-state index in [1.165, 1.54) is 6.26 Å². The molecule has 0 spiro atoms. The first-order valence-electron chi connectivity index (χ1n) is 5.84. The lowest BCUT2D eigenvalue weighted by atomic mass is 10.1. The third kappa shape index (κ3) is 6.50. The number of benzene rings is 1. The highest BCUT2D eigenvalue weighted by atomic mass is 35.5. The molecule has 2 unspecified atom stereocenters. The Hall–Kier alpha value is -0.420. The third-order valence-electron chi connectivity index (χ3n) is 2.26. The van der Waals surface area contributed by atoms with Gasteiger partial charge in [0.1, 0.15) is 0 Å². The average Bonchev–Trinajstić information content (AvgIpc) is 2.28. The molecule has 0 aliphatic heterocycles. The molecule has 3 nitrogen and oxygen atoms in total. The molecule has 0 aliphatic carbocycles. The van der Waals surface area contributed by atoms with Gasteiger partial charge in [-0.25, -0.2) is 4.21 Å². The maximum absolute atomic E-state index is 10.9. The second-order valence-corrected chi connectivity index (χ2v) is 5.80. The second-order valence-electron chi connectivity index (χ2n) is 4.32. The van der Waals surface area contributed by atoms with Gasteiger partial charge in [-0.2, -0.15) is 0 Å². The maximum Gasteiger partial charge on any atom is 0.152 e. The van der Waals surface area contributed by atoms with Crippen LogP contribution in [-0.4, -0.2) is 29.3 Å². The van der Waals surface area contributed by atoms with Crippen molar-refractivity contribution in [1.29, 1.82) is 0 Å². The molecule has 1 rings (SSSR count). The third-order valence-corrected chi connectivity index (χ3v) is 2.98. The van der Waals surface area contributed by atoms with Crippen LogP contribution in [-0.2, 0) is 26.4 Å². The fourth-order valence-electron chi connectivity index (χ4n) is 1.59. The van der Waals surface area contributed by atoms with Crippen molar-refractivity contribution in [2.75, 3.05) is 12.9 Å². The number of hydrogen-bond donors (Lipinski definition) is 0. The van der Waals surface area contributed by atoms with Crippen LogP contribution in [0.3, 0.4) is 0 Å². The molecule has 0 saturated heterocycles. The number of ether oxygens (including phenoxy) is 1. The lowest BCUT2D eigenvalue weighted by molar-refractivity contribution is -0.0140. The van der Waals surface area contributed by atoms with Gasteiger partial charge in [0.2, 0.25) is 0 Å². The quantitative estimate of drug-likeness (QED) is 0.774. The summed E-state index contributed by atoms with van der Waals surface area (Å²) in [7, 11) is 0. The first-order valence-corrected chi connectivity index (χ1v) is 7.70. The fourth-order valence-corrected chi connectivity index (χ4v) is 2.06. The molecule has 0 radical (unpaired) electrons. The van der Waals surface area contributed by atoms with E-state index < -0.39 is 11.1 Å². The van der Waals surface area contributed by atoms with Gasteiger partial charge in [0.05, 0.1) is 18.8 Å². The smallest absolute Gasteiger partial charge is 0.152 e. The summed E-state index contributed by atoms with van der Waals surface area (Å²) in [5, 5.41) is 0.714. The maximum atomic E-state index is 10.9. The van der Waals surface area contributed by atoms with Crippen LogP contribution in [0.5, 0.6) is 0 Å². The Balaban J connectivity index is 2.59. The summed E-state index contributed by atoms with van der Waals surface area (Å²) >= 11 is 4.58. The van der Waals surface area contributed by atoms with Crippen molar-refractivity contribution in [2.45, 2.75) is 32.5 Å². The predicted molar refractivity (Wildman–Crippen MR) is 75.2 cm³/mol. The first kappa shape index (κ1) is 15.6. The summed E-state index contributed by atoms with van der Waals surface area (Å²) in [6.07, 6.45) is 2.23. The van der Waals surface area contributed by atoms with Gasteiger partial charge in [0.15, 0.2) is 11.1 Å². The van der Waals surface area contributed by atoms with Gasteiger partial charge in [-0.15, -0.1) is 0 Å². The van der Waals surface area contributed by atoms with Gasteiger partial charge in [-0.05, 0) is 31.5 Å². The van der Waals surface area contributed by atoms with Crippen LogP contribution in [0.2, 0.25) is 5.02 Å². The molecule has 0 saturated carbocycles. The zero-order valence-corrected chi connectivity index (χ0v) is 12.5. The minimum absolute atomic E-state index is 0.102. The van der Waals surface area contributed by atoms with Crippen molar-refractivity contribution in [1.82, 2.24) is 0 Å². The van der Waals surface area contributed by atoms with E-state index in [1.54, 1.807) is 0 Å². The highest BCUT2D eigenvalue weighted by Gasteiger charge is 2.13. The lowest BCUT2D eigenvalue weighted by Gasteiger charge is -2.20. The van der Waals surface area contributed by atoms with Crippen LogP contribution in [0.25, 0.3) is 0 Å². The second kappa shape index (κ2) is 7.89. The Bertz CT molecular complexity index is 378. The Morgan fingerprint density at radius 2 is 1.89 bits per heavy atom. The van der Waals surface area contributed by atoms with Gasteiger partial charge >= 0.3 is 0 Å². The van der Waals surface area contributed by atoms with Gasteiger partial charge < -0.3 is 4.74 Å². The molecule has 0 fully saturated rings. The van der Waals surface area contributed by atoms with Crippen molar-refractivity contribution in [3.8, 4) is 0 Å². The van der Waals surface area contributed by atoms with Crippen LogP contribution in [0, 0.1) is 0 Å². The van der Waals surface area contributed by atoms with E-state index >= 15 is 0 Å². The lowest BCUT2D eigenvalue weighted by Crippen LogP contribution is -2.26. The molecule has 0 N–H and O–H groups in total. The standard InChI is InChI=1S/C13H19ClO3S/c1-10(2)17-13(9-16-18(3)15)8-11-4-6-12(14)7-5-11/h4-7,10,13H,8-9H2,1-3H3.